The number of nitro benzene ring substituents is 2. The van der Waals surface area contributed by atoms with Crippen molar-refractivity contribution in [3.05, 3.63) is 179 Å². The number of aryl methyl sites for hydroxylation is 6. The van der Waals surface area contributed by atoms with E-state index in [2.05, 4.69) is 97.7 Å². The molecule has 12 rings (SSSR count). The molecule has 0 radical (unpaired) electrons. The van der Waals surface area contributed by atoms with E-state index in [0.717, 1.165) is 131 Å². The molecule has 516 valence electrons. The molecule has 6 aromatic heterocycles. The molecule has 98 heavy (non-hydrogen) atoms. The number of ether oxygens (including phenoxy) is 1. The summed E-state index contributed by atoms with van der Waals surface area (Å²) in [5.74, 6) is 2.01. The fourth-order valence-electron chi connectivity index (χ4n) is 12.2. The van der Waals surface area contributed by atoms with E-state index < -0.39 is 35.0 Å². The summed E-state index contributed by atoms with van der Waals surface area (Å²) in [5, 5.41) is 54.4. The zero-order chi connectivity index (χ0) is 70.3. The second-order valence-electron chi connectivity index (χ2n) is 23.9. The lowest BCUT2D eigenvalue weighted by Gasteiger charge is -2.33. The number of halogens is 6. The molecule has 0 unspecified atom stereocenters. The molecule has 20 nitrogen and oxygen atoms in total. The third kappa shape index (κ3) is 19.1. The van der Waals surface area contributed by atoms with Crippen LogP contribution in [0, 0.1) is 56.7 Å². The number of nitro groups is 2. The molecule has 2 saturated heterocycles. The molecule has 0 atom stereocenters. The van der Waals surface area contributed by atoms with Gasteiger partial charge in [-0.25, -0.2) is 19.9 Å². The maximum absolute atomic E-state index is 12.9. The lowest BCUT2D eigenvalue weighted by molar-refractivity contribution is -0.385. The molecule has 3 N–H and O–H groups in total. The average Bonchev–Trinajstić information content (AvgIpc) is 1.64. The van der Waals surface area contributed by atoms with Crippen molar-refractivity contribution < 1.29 is 40.9 Å². The van der Waals surface area contributed by atoms with Gasteiger partial charge in [-0.15, -0.1) is 22.7 Å². The highest BCUT2D eigenvalue weighted by molar-refractivity contribution is 7.19. The minimum atomic E-state index is -4.27. The number of aromatic nitrogens is 6. The smallest absolute Gasteiger partial charge is 0.393 e. The number of nitriles is 2. The minimum absolute atomic E-state index is 0.0541. The highest BCUT2D eigenvalue weighted by Gasteiger charge is 2.31. The van der Waals surface area contributed by atoms with Crippen LogP contribution in [0.25, 0.3) is 42.2 Å². The molecule has 4 aromatic carbocycles. The Morgan fingerprint density at radius 3 is 1.47 bits per heavy atom. The quantitative estimate of drug-likeness (QED) is 0.0365. The first-order valence-corrected chi connectivity index (χ1v) is 34.0. The van der Waals surface area contributed by atoms with Gasteiger partial charge < -0.3 is 34.7 Å². The van der Waals surface area contributed by atoms with Crippen LogP contribution < -0.4 is 20.7 Å². The van der Waals surface area contributed by atoms with Crippen molar-refractivity contribution in [2.24, 2.45) is 0 Å². The Hall–Kier alpha value is -9.32. The molecule has 28 heteroatoms. The van der Waals surface area contributed by atoms with E-state index in [1.165, 1.54) is 62.1 Å². The lowest BCUT2D eigenvalue weighted by atomic mass is 10.0. The standard InChI is InChI=1S/C32H30F3N7O2S.C19H17N3O3.C13H15F3N4S.C6H15N/c1-20-22(4-7-29-27(20)14-25(17-36)41(29)13-8-21-2-5-24(6-3-21)42(43)44)18-40-11-9-23(10-12-40)39-30-28-15-26(16-32(33,34)35)45-31(28)38-19-37-30;1-13-17-11-16(12-20)21(18(17)7-8-19(13)25-2)10-9-14-3-5-15(6-4-14)22(23)24;14-13(15,16)6-9-5-10-11(18-7-19-12(10)21-9)20-8-1-3-17-4-2-8;1-4-7(5-2)6-3/h2-7,14-15,19,23H,8-13,16,18H2,1H3,(H,37,38,39);3-8,11H,9-10H2,1-2H3;5,7-8,17H,1-4,6H2,(H,18,19,20);4-6H2,1-3H3. The normalized spacial score (nSPS) is 13.9. The SMILES string of the molecule is CCN(CC)CC.COc1ccc2c(cc(C#N)n2CCc2ccc([N+](=O)[O-])cc2)c1C.Cc1c(CN2CCC(Nc3ncnc4sc(CC(F)(F)F)cc34)CC2)ccc2c1cc(C#N)n2CCc1ccc([N+](=O)[O-])cc1.FC(F)(F)Cc1cc2c(NC3CCNCC3)ncnc2s1. The van der Waals surface area contributed by atoms with E-state index in [9.17, 15) is 57.1 Å². The lowest BCUT2D eigenvalue weighted by Crippen LogP contribution is -2.39. The molecule has 10 aromatic rings. The minimum Gasteiger partial charge on any atom is -0.496 e. The molecule has 0 aliphatic carbocycles. The maximum atomic E-state index is 12.9. The van der Waals surface area contributed by atoms with E-state index in [0.29, 0.717) is 75.4 Å². The number of hydrogen-bond acceptors (Lipinski definition) is 18. The van der Waals surface area contributed by atoms with Crippen molar-refractivity contribution in [2.75, 3.05) is 63.6 Å². The van der Waals surface area contributed by atoms with Gasteiger partial charge in [0.1, 0.15) is 63.2 Å². The fourth-order valence-corrected chi connectivity index (χ4v) is 14.3. The molecule has 0 saturated carbocycles. The molecular weight excluding hydrogens is 1310 g/mol. The van der Waals surface area contributed by atoms with Crippen molar-refractivity contribution in [2.45, 2.75) is 130 Å². The number of thiophene rings is 2. The van der Waals surface area contributed by atoms with Crippen LogP contribution in [0.3, 0.4) is 0 Å². The van der Waals surface area contributed by atoms with Gasteiger partial charge in [0.15, 0.2) is 0 Å². The zero-order valence-electron chi connectivity index (χ0n) is 55.3. The summed E-state index contributed by atoms with van der Waals surface area (Å²) in [7, 11) is 1.63. The van der Waals surface area contributed by atoms with Crippen LogP contribution in [0.1, 0.15) is 95.4 Å². The van der Waals surface area contributed by atoms with Gasteiger partial charge in [-0.1, -0.05) is 51.1 Å². The monoisotopic (exact) mass is 1390 g/mol. The Balaban J connectivity index is 0.000000178. The van der Waals surface area contributed by atoms with Crippen LogP contribution >= 0.6 is 22.7 Å². The van der Waals surface area contributed by atoms with Crippen LogP contribution in [-0.2, 0) is 45.3 Å². The van der Waals surface area contributed by atoms with Gasteiger partial charge in [-0.2, -0.15) is 36.9 Å². The number of piperidine rings is 2. The predicted octanol–water partition coefficient (Wildman–Crippen LogP) is 15.4. The second kappa shape index (κ2) is 33.3. The molecule has 2 aliphatic rings. The van der Waals surface area contributed by atoms with Gasteiger partial charge in [0.05, 0.1) is 40.6 Å². The van der Waals surface area contributed by atoms with E-state index in [4.69, 9.17) is 4.74 Å². The van der Waals surface area contributed by atoms with Crippen molar-refractivity contribution >= 4 is 87.9 Å². The first kappa shape index (κ1) is 72.9. The summed E-state index contributed by atoms with van der Waals surface area (Å²) in [6.45, 7) is 19.7. The Morgan fingerprint density at radius 1 is 0.622 bits per heavy atom. The van der Waals surface area contributed by atoms with Crippen LogP contribution in [0.5, 0.6) is 5.75 Å². The molecule has 0 spiro atoms. The molecule has 8 heterocycles. The highest BCUT2D eigenvalue weighted by Crippen LogP contribution is 2.36. The summed E-state index contributed by atoms with van der Waals surface area (Å²) >= 11 is 2.13. The molecule has 2 fully saturated rings. The van der Waals surface area contributed by atoms with E-state index >= 15 is 0 Å². The summed E-state index contributed by atoms with van der Waals surface area (Å²) in [5.41, 5.74) is 8.55. The third-order valence-corrected chi connectivity index (χ3v) is 19.7. The largest absolute Gasteiger partial charge is 0.496 e. The Bertz CT molecular complexity index is 4440. The fraction of sp³-hybridized carbons (Fsp3) is 0.400. The van der Waals surface area contributed by atoms with Crippen molar-refractivity contribution in [3.8, 4) is 17.9 Å². The molecular formula is C70H77F6N15O5S2. The summed E-state index contributed by atoms with van der Waals surface area (Å²) in [4.78, 5) is 44.0. The predicted molar refractivity (Wildman–Crippen MR) is 372 cm³/mol. The number of methoxy groups -OCH3 is 1. The maximum Gasteiger partial charge on any atom is 0.393 e. The van der Waals surface area contributed by atoms with Gasteiger partial charge in [0.25, 0.3) is 11.4 Å². The van der Waals surface area contributed by atoms with E-state index in [1.54, 1.807) is 43.5 Å². The second-order valence-corrected chi connectivity index (χ2v) is 26.1. The first-order valence-electron chi connectivity index (χ1n) is 32.3. The van der Waals surface area contributed by atoms with Crippen molar-refractivity contribution in [3.63, 3.8) is 0 Å². The van der Waals surface area contributed by atoms with Crippen LogP contribution in [0.2, 0.25) is 0 Å². The Labute approximate surface area is 571 Å². The number of alkyl halides is 6. The molecule has 0 amide bonds. The van der Waals surface area contributed by atoms with Gasteiger partial charge in [-0.3, -0.25) is 25.1 Å². The highest BCUT2D eigenvalue weighted by atomic mass is 32.1. The van der Waals surface area contributed by atoms with Gasteiger partial charge >= 0.3 is 12.4 Å². The first-order chi connectivity index (χ1) is 47.0. The summed E-state index contributed by atoms with van der Waals surface area (Å²) in [6.07, 6.45) is -2.55. The molecule has 0 bridgehead atoms. The number of nitrogens with zero attached hydrogens (tertiary/aromatic N) is 12. The van der Waals surface area contributed by atoms with E-state index in [1.807, 2.05) is 40.3 Å². The summed E-state index contributed by atoms with van der Waals surface area (Å²) in [6, 6.07) is 33.0. The number of nitrogens with one attached hydrogen (secondary N) is 3. The number of non-ortho nitro benzene ring substituents is 2. The summed E-state index contributed by atoms with van der Waals surface area (Å²) < 4.78 is 85.5. The third-order valence-electron chi connectivity index (χ3n) is 17.6. The van der Waals surface area contributed by atoms with Gasteiger partial charge in [-0.05, 0) is 150 Å². The van der Waals surface area contributed by atoms with Gasteiger partial charge in [0, 0.05) is 106 Å². The van der Waals surface area contributed by atoms with Crippen LogP contribution in [0.4, 0.5) is 49.4 Å². The number of rotatable bonds is 20. The zero-order valence-corrected chi connectivity index (χ0v) is 56.9. The van der Waals surface area contributed by atoms with Crippen molar-refractivity contribution in [1.82, 2.24) is 44.2 Å². The number of fused-ring (bicyclic) bond motifs is 4. The topological polar surface area (TPSA) is 247 Å². The Morgan fingerprint density at radius 2 is 1.06 bits per heavy atom. The average molecular weight is 1390 g/mol. The van der Waals surface area contributed by atoms with Crippen LogP contribution in [0.15, 0.2) is 110 Å². The van der Waals surface area contributed by atoms with Gasteiger partial charge in [0.2, 0.25) is 0 Å². The number of hydrogen-bond donors (Lipinski definition) is 3. The number of benzene rings is 4. The Kier molecular flexibility index (Phi) is 24.8. The van der Waals surface area contributed by atoms with E-state index in [-0.39, 0.29) is 27.2 Å². The number of likely N-dealkylation sites (tertiary alicyclic amines) is 1. The van der Waals surface area contributed by atoms with Crippen molar-refractivity contribution in [1.29, 1.82) is 10.5 Å². The van der Waals surface area contributed by atoms with Crippen LogP contribution in [-0.4, -0.2) is 126 Å². The number of anilines is 2. The molecule has 2 aliphatic heterocycles.